The number of hydrogen-bond donors (Lipinski definition) is 1. The van der Waals surface area contributed by atoms with Gasteiger partial charge in [0.05, 0.1) is 6.04 Å². The average molecular weight is 269 g/mol. The molecule has 0 saturated heterocycles. The van der Waals surface area contributed by atoms with Crippen LogP contribution in [0.5, 0.6) is 0 Å². The maximum absolute atomic E-state index is 6.08. The molecule has 0 fully saturated rings. The normalized spacial score (nSPS) is 12.7. The van der Waals surface area contributed by atoms with Gasteiger partial charge in [-0.2, -0.15) is 0 Å². The number of pyridine rings is 1. The second-order valence-electron chi connectivity index (χ2n) is 2.93. The standard InChI is InChI=1S/C10H9BrN2S/c11-8-4-7(5-13-6-8)10(12)9-2-1-3-14-9/h1-6,10H,12H2/t10-/m0/s1. The number of rotatable bonds is 2. The van der Waals surface area contributed by atoms with Gasteiger partial charge in [0, 0.05) is 21.7 Å². The SMILES string of the molecule is N[C@@H](c1cncc(Br)c1)c1cccs1. The Balaban J connectivity index is 2.32. The summed E-state index contributed by atoms with van der Waals surface area (Å²) < 4.78 is 0.960. The quantitative estimate of drug-likeness (QED) is 0.910. The predicted molar refractivity (Wildman–Crippen MR) is 62.3 cm³/mol. The molecule has 2 aromatic heterocycles. The molecule has 0 saturated carbocycles. The highest BCUT2D eigenvalue weighted by Gasteiger charge is 2.09. The monoisotopic (exact) mass is 268 g/mol. The Kier molecular flexibility index (Phi) is 2.96. The van der Waals surface area contributed by atoms with Crippen LogP contribution in [0.15, 0.2) is 40.4 Å². The Bertz CT molecular complexity index is 414. The summed E-state index contributed by atoms with van der Waals surface area (Å²) in [4.78, 5) is 5.25. The van der Waals surface area contributed by atoms with Crippen LogP contribution in [0.2, 0.25) is 0 Å². The van der Waals surface area contributed by atoms with Crippen molar-refractivity contribution in [3.8, 4) is 0 Å². The molecule has 0 aliphatic carbocycles. The van der Waals surface area contributed by atoms with Gasteiger partial charge in [0.15, 0.2) is 0 Å². The zero-order chi connectivity index (χ0) is 9.97. The molecule has 1 atom stereocenters. The Morgan fingerprint density at radius 2 is 2.29 bits per heavy atom. The number of hydrogen-bond acceptors (Lipinski definition) is 3. The van der Waals surface area contributed by atoms with E-state index in [1.54, 1.807) is 23.7 Å². The van der Waals surface area contributed by atoms with Gasteiger partial charge in [-0.05, 0) is 39.0 Å². The van der Waals surface area contributed by atoms with E-state index in [4.69, 9.17) is 5.73 Å². The summed E-state index contributed by atoms with van der Waals surface area (Å²) in [5.41, 5.74) is 7.11. The van der Waals surface area contributed by atoms with Gasteiger partial charge in [-0.1, -0.05) is 6.07 Å². The van der Waals surface area contributed by atoms with Crippen LogP contribution in [-0.2, 0) is 0 Å². The van der Waals surface area contributed by atoms with E-state index in [2.05, 4.69) is 20.9 Å². The van der Waals surface area contributed by atoms with Crippen LogP contribution < -0.4 is 5.73 Å². The van der Waals surface area contributed by atoms with E-state index in [9.17, 15) is 0 Å². The van der Waals surface area contributed by atoms with Crippen molar-refractivity contribution >= 4 is 27.3 Å². The van der Waals surface area contributed by atoms with Gasteiger partial charge in [-0.25, -0.2) is 0 Å². The van der Waals surface area contributed by atoms with Crippen molar-refractivity contribution in [3.63, 3.8) is 0 Å². The van der Waals surface area contributed by atoms with E-state index >= 15 is 0 Å². The lowest BCUT2D eigenvalue weighted by molar-refractivity contribution is 0.882. The fourth-order valence-electron chi connectivity index (χ4n) is 1.23. The zero-order valence-electron chi connectivity index (χ0n) is 7.35. The highest BCUT2D eigenvalue weighted by atomic mass is 79.9. The predicted octanol–water partition coefficient (Wildman–Crippen LogP) is 2.95. The fourth-order valence-corrected chi connectivity index (χ4v) is 2.37. The molecule has 0 bridgehead atoms. The molecule has 72 valence electrons. The molecule has 0 aliphatic rings. The van der Waals surface area contributed by atoms with Crippen LogP contribution in [0.4, 0.5) is 0 Å². The second-order valence-corrected chi connectivity index (χ2v) is 4.82. The third-order valence-electron chi connectivity index (χ3n) is 1.93. The van der Waals surface area contributed by atoms with Gasteiger partial charge in [0.2, 0.25) is 0 Å². The molecular weight excluding hydrogens is 260 g/mol. The number of nitrogens with zero attached hydrogens (tertiary/aromatic N) is 1. The van der Waals surface area contributed by atoms with E-state index in [0.29, 0.717) is 0 Å². The summed E-state index contributed by atoms with van der Waals surface area (Å²) in [7, 11) is 0. The summed E-state index contributed by atoms with van der Waals surface area (Å²) in [6, 6.07) is 5.97. The summed E-state index contributed by atoms with van der Waals surface area (Å²) in [6.07, 6.45) is 3.56. The van der Waals surface area contributed by atoms with Crippen molar-refractivity contribution in [1.29, 1.82) is 0 Å². The summed E-state index contributed by atoms with van der Waals surface area (Å²) in [6.45, 7) is 0. The molecule has 2 N–H and O–H groups in total. The lowest BCUT2D eigenvalue weighted by atomic mass is 10.1. The molecule has 0 amide bonds. The molecule has 2 nitrogen and oxygen atoms in total. The summed E-state index contributed by atoms with van der Waals surface area (Å²) in [5.74, 6) is 0. The lowest BCUT2D eigenvalue weighted by Gasteiger charge is -2.09. The Hall–Kier alpha value is -0.710. The van der Waals surface area contributed by atoms with E-state index in [0.717, 1.165) is 14.9 Å². The van der Waals surface area contributed by atoms with Crippen molar-refractivity contribution in [2.24, 2.45) is 5.73 Å². The van der Waals surface area contributed by atoms with Crippen molar-refractivity contribution in [2.75, 3.05) is 0 Å². The second kappa shape index (κ2) is 4.21. The smallest absolute Gasteiger partial charge is 0.0661 e. The van der Waals surface area contributed by atoms with E-state index in [-0.39, 0.29) is 6.04 Å². The molecule has 14 heavy (non-hydrogen) atoms. The first-order chi connectivity index (χ1) is 6.77. The van der Waals surface area contributed by atoms with Gasteiger partial charge >= 0.3 is 0 Å². The fraction of sp³-hybridized carbons (Fsp3) is 0.100. The number of thiophene rings is 1. The van der Waals surface area contributed by atoms with Crippen LogP contribution in [0.3, 0.4) is 0 Å². The maximum Gasteiger partial charge on any atom is 0.0661 e. The van der Waals surface area contributed by atoms with E-state index in [1.807, 2.05) is 23.6 Å². The molecule has 2 heterocycles. The number of halogens is 1. The highest BCUT2D eigenvalue weighted by molar-refractivity contribution is 9.10. The van der Waals surface area contributed by atoms with Crippen LogP contribution >= 0.6 is 27.3 Å². The molecule has 0 aliphatic heterocycles. The van der Waals surface area contributed by atoms with Crippen LogP contribution in [-0.4, -0.2) is 4.98 Å². The summed E-state index contributed by atoms with van der Waals surface area (Å²) >= 11 is 5.04. The summed E-state index contributed by atoms with van der Waals surface area (Å²) in [5, 5.41) is 2.03. The zero-order valence-corrected chi connectivity index (χ0v) is 9.75. The third kappa shape index (κ3) is 2.03. The molecular formula is C10H9BrN2S. The number of nitrogens with two attached hydrogens (primary N) is 1. The lowest BCUT2D eigenvalue weighted by Crippen LogP contribution is -2.10. The van der Waals surface area contributed by atoms with Gasteiger partial charge in [-0.15, -0.1) is 11.3 Å². The molecule has 0 spiro atoms. The molecule has 0 radical (unpaired) electrons. The molecule has 0 unspecified atom stereocenters. The van der Waals surface area contributed by atoms with E-state index in [1.165, 1.54) is 0 Å². The van der Waals surface area contributed by atoms with Crippen molar-refractivity contribution in [2.45, 2.75) is 6.04 Å². The van der Waals surface area contributed by atoms with Crippen LogP contribution in [0.1, 0.15) is 16.5 Å². The van der Waals surface area contributed by atoms with E-state index < -0.39 is 0 Å². The minimum absolute atomic E-state index is 0.0694. The van der Waals surface area contributed by atoms with Gasteiger partial charge in [-0.3, -0.25) is 4.98 Å². The molecule has 2 aromatic rings. The third-order valence-corrected chi connectivity index (χ3v) is 3.32. The average Bonchev–Trinajstić information content (AvgIpc) is 2.69. The number of aromatic nitrogens is 1. The maximum atomic E-state index is 6.08. The van der Waals surface area contributed by atoms with Gasteiger partial charge in [0.1, 0.15) is 0 Å². The Morgan fingerprint density at radius 1 is 1.43 bits per heavy atom. The van der Waals surface area contributed by atoms with Crippen LogP contribution in [0.25, 0.3) is 0 Å². The topological polar surface area (TPSA) is 38.9 Å². The van der Waals surface area contributed by atoms with Gasteiger partial charge in [0.25, 0.3) is 0 Å². The Labute approximate surface area is 94.9 Å². The Morgan fingerprint density at radius 3 is 2.93 bits per heavy atom. The highest BCUT2D eigenvalue weighted by Crippen LogP contribution is 2.24. The van der Waals surface area contributed by atoms with Crippen molar-refractivity contribution in [1.82, 2.24) is 4.98 Å². The first-order valence-electron chi connectivity index (χ1n) is 4.17. The molecule has 4 heteroatoms. The van der Waals surface area contributed by atoms with Crippen LogP contribution in [0, 0.1) is 0 Å². The molecule has 2 rings (SSSR count). The first kappa shape index (κ1) is 9.83. The largest absolute Gasteiger partial charge is 0.320 e. The minimum atomic E-state index is -0.0694. The van der Waals surface area contributed by atoms with Gasteiger partial charge < -0.3 is 5.73 Å². The first-order valence-corrected chi connectivity index (χ1v) is 5.84. The molecule has 0 aromatic carbocycles. The van der Waals surface area contributed by atoms with Crippen molar-refractivity contribution < 1.29 is 0 Å². The van der Waals surface area contributed by atoms with Crippen molar-refractivity contribution in [3.05, 3.63) is 50.9 Å². The minimum Gasteiger partial charge on any atom is -0.320 e.